The summed E-state index contributed by atoms with van der Waals surface area (Å²) in [7, 11) is 1.86. The second kappa shape index (κ2) is 5.44. The summed E-state index contributed by atoms with van der Waals surface area (Å²) < 4.78 is 7.10. The Hall–Kier alpha value is -1.17. The molecule has 1 aromatic heterocycles. The zero-order valence-electron chi connectivity index (χ0n) is 10.0. The number of carbonyl (C=O) groups is 1. The lowest BCUT2D eigenvalue weighted by molar-refractivity contribution is -0.0241. The summed E-state index contributed by atoms with van der Waals surface area (Å²) in [6.45, 7) is 2.18. The molecular weight excluding hydrogens is 220 g/mol. The van der Waals surface area contributed by atoms with Crippen LogP contribution in [-0.2, 0) is 11.8 Å². The van der Waals surface area contributed by atoms with Gasteiger partial charge in [0.25, 0.3) is 0 Å². The highest BCUT2D eigenvalue weighted by Crippen LogP contribution is 2.09. The van der Waals surface area contributed by atoms with Crippen LogP contribution in [0.1, 0.15) is 10.5 Å². The molecule has 2 heterocycles. The van der Waals surface area contributed by atoms with Gasteiger partial charge < -0.3 is 14.4 Å². The van der Waals surface area contributed by atoms with E-state index in [4.69, 9.17) is 4.74 Å². The number of rotatable bonds is 4. The van der Waals surface area contributed by atoms with Gasteiger partial charge in [-0.25, -0.2) is 0 Å². The molecule has 0 amide bonds. The molecule has 5 heteroatoms. The fourth-order valence-electron chi connectivity index (χ4n) is 2.08. The maximum Gasteiger partial charge on any atom is 0.193 e. The lowest BCUT2D eigenvalue weighted by Crippen LogP contribution is -2.49. The number of carbonyl (C=O) groups excluding carboxylic acids is 1. The molecule has 0 bridgehead atoms. The van der Waals surface area contributed by atoms with Crippen LogP contribution in [0, 0.1) is 0 Å². The van der Waals surface area contributed by atoms with Crippen LogP contribution in [0.3, 0.4) is 0 Å². The molecule has 2 rings (SSSR count). The second-order valence-corrected chi connectivity index (χ2v) is 4.31. The second-order valence-electron chi connectivity index (χ2n) is 4.31. The van der Waals surface area contributed by atoms with Crippen molar-refractivity contribution < 1.29 is 14.6 Å². The van der Waals surface area contributed by atoms with E-state index in [9.17, 15) is 9.90 Å². The number of aliphatic hydroxyl groups is 1. The summed E-state index contributed by atoms with van der Waals surface area (Å²) in [5, 5.41) is 9.22. The van der Waals surface area contributed by atoms with Gasteiger partial charge in [0, 0.05) is 19.8 Å². The number of ether oxygens (including phenoxy) is 1. The summed E-state index contributed by atoms with van der Waals surface area (Å²) >= 11 is 0. The molecule has 94 valence electrons. The first kappa shape index (κ1) is 12.3. The van der Waals surface area contributed by atoms with E-state index in [1.54, 1.807) is 0 Å². The Morgan fingerprint density at radius 3 is 3.12 bits per heavy atom. The Balaban J connectivity index is 2.00. The van der Waals surface area contributed by atoms with Crippen molar-refractivity contribution in [1.29, 1.82) is 0 Å². The third-order valence-electron chi connectivity index (χ3n) is 3.14. The minimum atomic E-state index is -0.0621. The van der Waals surface area contributed by atoms with Gasteiger partial charge in [0.1, 0.15) is 0 Å². The van der Waals surface area contributed by atoms with Crippen LogP contribution in [0.15, 0.2) is 18.3 Å². The highest BCUT2D eigenvalue weighted by molar-refractivity contribution is 5.96. The number of Topliss-reactive ketones (excluding diaryl/α,β-unsaturated/α-hetero) is 1. The Bertz CT molecular complexity index is 389. The third-order valence-corrected chi connectivity index (χ3v) is 3.14. The highest BCUT2D eigenvalue weighted by atomic mass is 16.5. The van der Waals surface area contributed by atoms with Crippen molar-refractivity contribution in [3.8, 4) is 0 Å². The molecule has 1 atom stereocenters. The van der Waals surface area contributed by atoms with Gasteiger partial charge in [-0.3, -0.25) is 9.69 Å². The molecule has 1 aromatic rings. The molecule has 5 nitrogen and oxygen atoms in total. The molecule has 1 unspecified atom stereocenters. The number of aliphatic hydroxyl groups excluding tert-OH is 1. The molecule has 1 aliphatic heterocycles. The molecule has 1 fully saturated rings. The molecule has 0 aliphatic carbocycles. The standard InChI is InChI=1S/C12H18N2O3/c1-13-4-2-3-11(13)12(16)7-14-5-6-17-9-10(14)8-15/h2-4,10,15H,5-9H2,1H3. The fourth-order valence-corrected chi connectivity index (χ4v) is 2.08. The van der Waals surface area contributed by atoms with Crippen molar-refractivity contribution in [2.24, 2.45) is 7.05 Å². The molecule has 17 heavy (non-hydrogen) atoms. The first-order valence-corrected chi connectivity index (χ1v) is 5.79. The van der Waals surface area contributed by atoms with E-state index >= 15 is 0 Å². The molecule has 0 aromatic carbocycles. The zero-order chi connectivity index (χ0) is 12.3. The summed E-state index contributed by atoms with van der Waals surface area (Å²) in [6.07, 6.45) is 1.86. The van der Waals surface area contributed by atoms with Crippen LogP contribution in [0.5, 0.6) is 0 Å². The minimum absolute atomic E-state index is 0.0282. The van der Waals surface area contributed by atoms with Gasteiger partial charge in [-0.05, 0) is 12.1 Å². The van der Waals surface area contributed by atoms with Crippen LogP contribution < -0.4 is 0 Å². The van der Waals surface area contributed by atoms with Crippen LogP contribution in [0.2, 0.25) is 0 Å². The normalized spacial score (nSPS) is 21.6. The largest absolute Gasteiger partial charge is 0.395 e. The number of nitrogens with zero attached hydrogens (tertiary/aromatic N) is 2. The van der Waals surface area contributed by atoms with E-state index in [1.165, 1.54) is 0 Å². The Morgan fingerprint density at radius 1 is 1.65 bits per heavy atom. The topological polar surface area (TPSA) is 54.7 Å². The van der Waals surface area contributed by atoms with E-state index in [2.05, 4.69) is 0 Å². The van der Waals surface area contributed by atoms with Crippen molar-refractivity contribution in [3.05, 3.63) is 24.0 Å². The number of hydrogen-bond acceptors (Lipinski definition) is 4. The van der Waals surface area contributed by atoms with Gasteiger partial charge in [0.15, 0.2) is 5.78 Å². The van der Waals surface area contributed by atoms with E-state index in [0.29, 0.717) is 32.0 Å². The fraction of sp³-hybridized carbons (Fsp3) is 0.583. The van der Waals surface area contributed by atoms with Crippen LogP contribution in [-0.4, -0.2) is 59.3 Å². The van der Waals surface area contributed by atoms with E-state index in [0.717, 1.165) is 0 Å². The lowest BCUT2D eigenvalue weighted by Gasteiger charge is -2.33. The summed E-state index contributed by atoms with van der Waals surface area (Å²) in [5.41, 5.74) is 0.702. The maximum absolute atomic E-state index is 12.1. The van der Waals surface area contributed by atoms with Gasteiger partial charge in [-0.2, -0.15) is 0 Å². The summed E-state index contributed by atoms with van der Waals surface area (Å²) in [6, 6.07) is 3.61. The molecular formula is C12H18N2O3. The molecule has 0 radical (unpaired) electrons. The number of morpholine rings is 1. The SMILES string of the molecule is Cn1cccc1C(=O)CN1CCOCC1CO. The van der Waals surface area contributed by atoms with Crippen molar-refractivity contribution in [2.45, 2.75) is 6.04 Å². The van der Waals surface area contributed by atoms with Crippen molar-refractivity contribution >= 4 is 5.78 Å². The van der Waals surface area contributed by atoms with Gasteiger partial charge in [-0.1, -0.05) is 0 Å². The smallest absolute Gasteiger partial charge is 0.193 e. The first-order valence-electron chi connectivity index (χ1n) is 5.79. The minimum Gasteiger partial charge on any atom is -0.395 e. The summed E-state index contributed by atoms with van der Waals surface area (Å²) in [5.74, 6) is 0.0813. The Labute approximate surface area is 101 Å². The monoisotopic (exact) mass is 238 g/mol. The van der Waals surface area contributed by atoms with Crippen molar-refractivity contribution in [3.63, 3.8) is 0 Å². The van der Waals surface area contributed by atoms with Crippen LogP contribution >= 0.6 is 0 Å². The van der Waals surface area contributed by atoms with Gasteiger partial charge in [0.05, 0.1) is 38.1 Å². The van der Waals surface area contributed by atoms with Crippen molar-refractivity contribution in [1.82, 2.24) is 9.47 Å². The molecule has 1 aliphatic rings. The van der Waals surface area contributed by atoms with Gasteiger partial charge in [-0.15, -0.1) is 0 Å². The quantitative estimate of drug-likeness (QED) is 0.744. The number of ketones is 1. The third kappa shape index (κ3) is 2.74. The lowest BCUT2D eigenvalue weighted by atomic mass is 10.2. The summed E-state index contributed by atoms with van der Waals surface area (Å²) in [4.78, 5) is 14.1. The number of aromatic nitrogens is 1. The number of hydrogen-bond donors (Lipinski definition) is 1. The maximum atomic E-state index is 12.1. The molecule has 0 saturated carbocycles. The van der Waals surface area contributed by atoms with E-state index in [1.807, 2.05) is 34.8 Å². The Morgan fingerprint density at radius 2 is 2.47 bits per heavy atom. The average molecular weight is 238 g/mol. The van der Waals surface area contributed by atoms with Crippen molar-refractivity contribution in [2.75, 3.05) is 32.9 Å². The average Bonchev–Trinajstić information content (AvgIpc) is 2.76. The molecule has 1 saturated heterocycles. The highest BCUT2D eigenvalue weighted by Gasteiger charge is 2.25. The van der Waals surface area contributed by atoms with E-state index in [-0.39, 0.29) is 18.4 Å². The van der Waals surface area contributed by atoms with Crippen LogP contribution in [0.25, 0.3) is 0 Å². The van der Waals surface area contributed by atoms with Gasteiger partial charge in [0.2, 0.25) is 0 Å². The predicted molar refractivity (Wildman–Crippen MR) is 63.0 cm³/mol. The number of aryl methyl sites for hydroxylation is 1. The van der Waals surface area contributed by atoms with Gasteiger partial charge >= 0.3 is 0 Å². The zero-order valence-corrected chi connectivity index (χ0v) is 10.0. The predicted octanol–water partition coefficient (Wildman–Crippen LogP) is -0.0991. The van der Waals surface area contributed by atoms with Crippen LogP contribution in [0.4, 0.5) is 0 Å². The Kier molecular flexibility index (Phi) is 3.93. The molecule has 0 spiro atoms. The molecule has 1 N–H and O–H groups in total. The van der Waals surface area contributed by atoms with E-state index < -0.39 is 0 Å². The first-order chi connectivity index (χ1) is 8.22.